The van der Waals surface area contributed by atoms with Crippen molar-refractivity contribution in [2.75, 3.05) is 13.1 Å². The lowest BCUT2D eigenvalue weighted by molar-refractivity contribution is -0.142. The van der Waals surface area contributed by atoms with Crippen molar-refractivity contribution < 1.29 is 14.7 Å². The van der Waals surface area contributed by atoms with Crippen LogP contribution in [0, 0.1) is 17.8 Å². The van der Waals surface area contributed by atoms with Gasteiger partial charge in [0.1, 0.15) is 4.88 Å². The zero-order valence-electron chi connectivity index (χ0n) is 12.6. The molecule has 0 bridgehead atoms. The molecule has 1 amide bonds. The summed E-state index contributed by atoms with van der Waals surface area (Å²) >= 11 is 1.42. The summed E-state index contributed by atoms with van der Waals surface area (Å²) in [5.74, 6) is -0.624. The molecule has 1 saturated heterocycles. The summed E-state index contributed by atoms with van der Waals surface area (Å²) in [5, 5.41) is 11.4. The number of aliphatic carboxylic acids is 1. The maximum absolute atomic E-state index is 12.9. The second-order valence-electron chi connectivity index (χ2n) is 6.38. The van der Waals surface area contributed by atoms with Gasteiger partial charge in [0.2, 0.25) is 0 Å². The number of nitrogens with zero attached hydrogens (tertiary/aromatic N) is 2. The molecule has 0 unspecified atom stereocenters. The first-order valence-electron chi connectivity index (χ1n) is 7.88. The predicted molar refractivity (Wildman–Crippen MR) is 86.9 cm³/mol. The molecule has 3 heterocycles. The summed E-state index contributed by atoms with van der Waals surface area (Å²) in [5.41, 5.74) is 0.867. The Morgan fingerprint density at radius 3 is 2.57 bits per heavy atom. The number of carboxylic acids is 1. The van der Waals surface area contributed by atoms with Crippen molar-refractivity contribution in [3.05, 3.63) is 40.8 Å². The van der Waals surface area contributed by atoms with Crippen molar-refractivity contribution in [2.24, 2.45) is 17.8 Å². The first-order chi connectivity index (χ1) is 11.1. The van der Waals surface area contributed by atoms with Crippen LogP contribution in [0.1, 0.15) is 22.5 Å². The van der Waals surface area contributed by atoms with Crippen LogP contribution in [0.3, 0.4) is 0 Å². The van der Waals surface area contributed by atoms with Crippen LogP contribution in [-0.2, 0) is 4.79 Å². The van der Waals surface area contributed by atoms with Gasteiger partial charge in [-0.15, -0.1) is 11.3 Å². The standard InChI is InChI=1S/C17H18N2O3S/c20-16(15-14(5-8-23-15)18-6-1-2-7-18)19-9-12(11-3-4-11)13(10-19)17(21)22/h1-2,5-8,11-13H,3-4,9-10H2,(H,21,22)/t12-,13+/m1/s1. The van der Waals surface area contributed by atoms with E-state index >= 15 is 0 Å². The molecule has 23 heavy (non-hydrogen) atoms. The van der Waals surface area contributed by atoms with Gasteiger partial charge in [-0.05, 0) is 48.3 Å². The van der Waals surface area contributed by atoms with E-state index in [0.717, 1.165) is 18.5 Å². The summed E-state index contributed by atoms with van der Waals surface area (Å²) < 4.78 is 1.92. The third kappa shape index (κ3) is 2.57. The van der Waals surface area contributed by atoms with Crippen LogP contribution in [-0.4, -0.2) is 39.5 Å². The Bertz CT molecular complexity index is 733. The number of amides is 1. The van der Waals surface area contributed by atoms with Crippen LogP contribution in [0.25, 0.3) is 5.69 Å². The minimum atomic E-state index is -0.769. The van der Waals surface area contributed by atoms with Gasteiger partial charge in [0, 0.05) is 25.5 Å². The molecule has 0 spiro atoms. The van der Waals surface area contributed by atoms with Crippen molar-refractivity contribution >= 4 is 23.2 Å². The Morgan fingerprint density at radius 1 is 1.17 bits per heavy atom. The number of carbonyl (C=O) groups excluding carboxylic acids is 1. The monoisotopic (exact) mass is 330 g/mol. The number of carboxylic acid groups (broad SMARTS) is 1. The zero-order chi connectivity index (χ0) is 16.0. The number of rotatable bonds is 4. The molecule has 4 rings (SSSR count). The number of carbonyl (C=O) groups is 2. The van der Waals surface area contributed by atoms with E-state index < -0.39 is 11.9 Å². The molecule has 2 aromatic heterocycles. The van der Waals surface area contributed by atoms with Gasteiger partial charge in [-0.2, -0.15) is 0 Å². The lowest BCUT2D eigenvalue weighted by atomic mass is 9.92. The topological polar surface area (TPSA) is 62.5 Å². The van der Waals surface area contributed by atoms with Gasteiger partial charge in [-0.25, -0.2) is 0 Å². The summed E-state index contributed by atoms with van der Waals surface area (Å²) in [4.78, 5) is 26.8. The van der Waals surface area contributed by atoms with Crippen molar-refractivity contribution in [3.63, 3.8) is 0 Å². The van der Waals surface area contributed by atoms with Crippen molar-refractivity contribution in [2.45, 2.75) is 12.8 Å². The third-order valence-corrected chi connectivity index (χ3v) is 5.81. The SMILES string of the molecule is O=C(O)[C@H]1CN(C(=O)c2sccc2-n2cccc2)C[C@@H]1C1CC1. The fourth-order valence-electron chi connectivity index (χ4n) is 3.56. The van der Waals surface area contributed by atoms with E-state index in [1.165, 1.54) is 11.3 Å². The molecule has 6 heteroatoms. The molecule has 1 aliphatic carbocycles. The molecule has 0 radical (unpaired) electrons. The van der Waals surface area contributed by atoms with Crippen molar-refractivity contribution in [3.8, 4) is 5.69 Å². The quantitative estimate of drug-likeness (QED) is 0.937. The molecule has 5 nitrogen and oxygen atoms in total. The Labute approximate surface area is 138 Å². The maximum Gasteiger partial charge on any atom is 0.308 e. The van der Waals surface area contributed by atoms with Gasteiger partial charge < -0.3 is 14.6 Å². The molecule has 2 aliphatic rings. The summed E-state index contributed by atoms with van der Waals surface area (Å²) in [6.45, 7) is 0.905. The van der Waals surface area contributed by atoms with Crippen LogP contribution in [0.4, 0.5) is 0 Å². The van der Waals surface area contributed by atoms with Gasteiger partial charge in [0.05, 0.1) is 11.6 Å². The number of thiophene rings is 1. The molecule has 1 saturated carbocycles. The van der Waals surface area contributed by atoms with Gasteiger partial charge >= 0.3 is 5.97 Å². The maximum atomic E-state index is 12.9. The Kier molecular flexibility index (Phi) is 3.49. The van der Waals surface area contributed by atoms with Gasteiger partial charge in [0.15, 0.2) is 0 Å². The highest BCUT2D eigenvalue weighted by Gasteiger charge is 2.47. The molecule has 1 N–H and O–H groups in total. The van der Waals surface area contributed by atoms with Crippen LogP contribution >= 0.6 is 11.3 Å². The van der Waals surface area contributed by atoms with E-state index in [4.69, 9.17) is 0 Å². The van der Waals surface area contributed by atoms with Crippen LogP contribution in [0.2, 0.25) is 0 Å². The molecule has 2 fully saturated rings. The van der Waals surface area contributed by atoms with Crippen molar-refractivity contribution in [1.82, 2.24) is 9.47 Å². The fourth-order valence-corrected chi connectivity index (χ4v) is 4.42. The van der Waals surface area contributed by atoms with Gasteiger partial charge in [0.25, 0.3) is 5.91 Å². The van der Waals surface area contributed by atoms with E-state index in [1.54, 1.807) is 4.90 Å². The Hall–Kier alpha value is -2.08. The van der Waals surface area contributed by atoms with Crippen molar-refractivity contribution in [1.29, 1.82) is 0 Å². The van der Waals surface area contributed by atoms with Gasteiger partial charge in [-0.1, -0.05) is 0 Å². The predicted octanol–water partition coefficient (Wildman–Crippen LogP) is 2.72. The number of hydrogen-bond donors (Lipinski definition) is 1. The minimum Gasteiger partial charge on any atom is -0.481 e. The fraction of sp³-hybridized carbons (Fsp3) is 0.412. The molecule has 2 atom stereocenters. The molecular weight excluding hydrogens is 312 g/mol. The Morgan fingerprint density at radius 2 is 1.91 bits per heavy atom. The molecule has 0 aromatic carbocycles. The largest absolute Gasteiger partial charge is 0.481 e. The van der Waals surface area contributed by atoms with Crippen LogP contribution in [0.15, 0.2) is 36.0 Å². The first-order valence-corrected chi connectivity index (χ1v) is 8.76. The molecule has 120 valence electrons. The average Bonchev–Trinajstić information content (AvgIpc) is 3.02. The smallest absolute Gasteiger partial charge is 0.308 e. The highest BCUT2D eigenvalue weighted by Crippen LogP contribution is 2.44. The lowest BCUT2D eigenvalue weighted by Crippen LogP contribution is -2.30. The van der Waals surface area contributed by atoms with E-state index in [-0.39, 0.29) is 11.8 Å². The van der Waals surface area contributed by atoms with Crippen LogP contribution in [0.5, 0.6) is 0 Å². The van der Waals surface area contributed by atoms with E-state index in [0.29, 0.717) is 23.9 Å². The van der Waals surface area contributed by atoms with E-state index in [9.17, 15) is 14.7 Å². The summed E-state index contributed by atoms with van der Waals surface area (Å²) in [6.07, 6.45) is 6.03. The summed E-state index contributed by atoms with van der Waals surface area (Å²) in [7, 11) is 0. The highest BCUT2D eigenvalue weighted by molar-refractivity contribution is 7.12. The zero-order valence-corrected chi connectivity index (χ0v) is 13.4. The number of aromatic nitrogens is 1. The van der Waals surface area contributed by atoms with E-state index in [2.05, 4.69) is 0 Å². The van der Waals surface area contributed by atoms with E-state index in [1.807, 2.05) is 40.5 Å². The Balaban J connectivity index is 1.58. The summed E-state index contributed by atoms with van der Waals surface area (Å²) in [6, 6.07) is 5.78. The lowest BCUT2D eigenvalue weighted by Gasteiger charge is -2.16. The van der Waals surface area contributed by atoms with Crippen LogP contribution < -0.4 is 0 Å². The number of hydrogen-bond acceptors (Lipinski definition) is 3. The molecule has 2 aromatic rings. The first kappa shape index (κ1) is 14.5. The average molecular weight is 330 g/mol. The second-order valence-corrected chi connectivity index (χ2v) is 7.30. The molecule has 1 aliphatic heterocycles. The minimum absolute atomic E-state index is 0.0434. The molecular formula is C17H18N2O3S. The second kappa shape index (κ2) is 5.53. The van der Waals surface area contributed by atoms with Gasteiger partial charge in [-0.3, -0.25) is 9.59 Å². The third-order valence-electron chi connectivity index (χ3n) is 4.92. The number of likely N-dealkylation sites (tertiary alicyclic amines) is 1. The normalized spacial score (nSPS) is 24.1. The highest BCUT2D eigenvalue weighted by atomic mass is 32.1.